The molecule has 1 N–H and O–H groups in total. The summed E-state index contributed by atoms with van der Waals surface area (Å²) in [6, 6.07) is 5.02. The molecule has 0 radical (unpaired) electrons. The number of carbonyl (C=O) groups is 1. The number of benzene rings is 1. The van der Waals surface area contributed by atoms with Crippen molar-refractivity contribution < 1.29 is 14.3 Å². The smallest absolute Gasteiger partial charge is 0.337 e. The summed E-state index contributed by atoms with van der Waals surface area (Å²) in [5.74, 6) is -1.54. The molecule has 16 heavy (non-hydrogen) atoms. The minimum atomic E-state index is -1.07. The van der Waals surface area contributed by atoms with Gasteiger partial charge in [-0.15, -0.1) is 0 Å². The second-order valence-electron chi connectivity index (χ2n) is 4.12. The van der Waals surface area contributed by atoms with E-state index in [0.717, 1.165) is 12.8 Å². The number of hydrogen-bond donors (Lipinski definition) is 1. The summed E-state index contributed by atoms with van der Waals surface area (Å²) in [6.07, 6.45) is 3.63. The molecule has 1 aromatic carbocycles. The van der Waals surface area contributed by atoms with Crippen molar-refractivity contribution in [3.63, 3.8) is 0 Å². The number of aromatic nitrogens is 1. The Balaban J connectivity index is 2.37. The van der Waals surface area contributed by atoms with E-state index in [2.05, 4.69) is 0 Å². The minimum absolute atomic E-state index is 0.0556. The molecule has 82 valence electrons. The standard InChI is InChI=1S/C12H10FNO2/c13-9-2-1-3-10-11(9)8(12(15)16)6-14(10)7-4-5-7/h1-3,6-7H,4-5H2,(H,15,16). The van der Waals surface area contributed by atoms with E-state index in [1.807, 2.05) is 4.57 Å². The van der Waals surface area contributed by atoms with Crippen LogP contribution >= 0.6 is 0 Å². The van der Waals surface area contributed by atoms with Crippen LogP contribution in [0.2, 0.25) is 0 Å². The topological polar surface area (TPSA) is 42.2 Å². The molecule has 4 heteroatoms. The maximum atomic E-state index is 13.6. The second-order valence-corrected chi connectivity index (χ2v) is 4.12. The fourth-order valence-electron chi connectivity index (χ4n) is 2.08. The molecule has 1 heterocycles. The molecule has 1 fully saturated rings. The summed E-state index contributed by atoms with van der Waals surface area (Å²) in [5, 5.41) is 9.27. The van der Waals surface area contributed by atoms with Crippen LogP contribution in [0.1, 0.15) is 29.2 Å². The van der Waals surface area contributed by atoms with Gasteiger partial charge in [0.05, 0.1) is 11.1 Å². The number of nitrogens with zero attached hydrogens (tertiary/aromatic N) is 1. The molecule has 1 aliphatic rings. The van der Waals surface area contributed by atoms with E-state index in [4.69, 9.17) is 5.11 Å². The first-order valence-electron chi connectivity index (χ1n) is 5.21. The van der Waals surface area contributed by atoms with Crippen LogP contribution in [0.4, 0.5) is 4.39 Å². The fraction of sp³-hybridized carbons (Fsp3) is 0.250. The first-order chi connectivity index (χ1) is 7.68. The van der Waals surface area contributed by atoms with Crippen molar-refractivity contribution in [1.82, 2.24) is 4.57 Å². The van der Waals surface area contributed by atoms with Crippen molar-refractivity contribution >= 4 is 16.9 Å². The van der Waals surface area contributed by atoms with Crippen molar-refractivity contribution in [2.24, 2.45) is 0 Å². The maximum Gasteiger partial charge on any atom is 0.337 e. The first-order valence-corrected chi connectivity index (χ1v) is 5.21. The van der Waals surface area contributed by atoms with Crippen LogP contribution in [0.5, 0.6) is 0 Å². The lowest BCUT2D eigenvalue weighted by Gasteiger charge is -2.01. The lowest BCUT2D eigenvalue weighted by molar-refractivity contribution is 0.0698. The van der Waals surface area contributed by atoms with Gasteiger partial charge in [0, 0.05) is 17.6 Å². The summed E-state index contributed by atoms with van der Waals surface area (Å²) in [6.45, 7) is 0. The molecule has 2 aromatic rings. The molecule has 3 rings (SSSR count). The minimum Gasteiger partial charge on any atom is -0.478 e. The summed E-state index contributed by atoms with van der Waals surface area (Å²) >= 11 is 0. The van der Waals surface area contributed by atoms with E-state index >= 15 is 0 Å². The van der Waals surface area contributed by atoms with Gasteiger partial charge in [-0.3, -0.25) is 0 Å². The zero-order valence-corrected chi connectivity index (χ0v) is 8.48. The van der Waals surface area contributed by atoms with E-state index in [9.17, 15) is 9.18 Å². The second kappa shape index (κ2) is 3.07. The third-order valence-electron chi connectivity index (χ3n) is 2.98. The van der Waals surface area contributed by atoms with E-state index in [-0.39, 0.29) is 10.9 Å². The average Bonchev–Trinajstić information content (AvgIpc) is 2.99. The number of carboxylic acids is 1. The van der Waals surface area contributed by atoms with Crippen molar-refractivity contribution in [2.75, 3.05) is 0 Å². The maximum absolute atomic E-state index is 13.6. The van der Waals surface area contributed by atoms with Gasteiger partial charge in [-0.25, -0.2) is 9.18 Å². The highest BCUT2D eigenvalue weighted by atomic mass is 19.1. The van der Waals surface area contributed by atoms with E-state index in [1.165, 1.54) is 6.07 Å². The molecule has 0 atom stereocenters. The van der Waals surface area contributed by atoms with E-state index in [0.29, 0.717) is 11.6 Å². The van der Waals surface area contributed by atoms with Gasteiger partial charge >= 0.3 is 5.97 Å². The first kappa shape index (κ1) is 9.39. The van der Waals surface area contributed by atoms with Crippen molar-refractivity contribution in [3.8, 4) is 0 Å². The Kier molecular flexibility index (Phi) is 1.80. The van der Waals surface area contributed by atoms with Crippen LogP contribution in [-0.2, 0) is 0 Å². The van der Waals surface area contributed by atoms with Crippen LogP contribution in [0, 0.1) is 5.82 Å². The van der Waals surface area contributed by atoms with Crippen LogP contribution in [0.25, 0.3) is 10.9 Å². The van der Waals surface area contributed by atoms with Crippen LogP contribution < -0.4 is 0 Å². The number of hydrogen-bond acceptors (Lipinski definition) is 1. The molecule has 1 aliphatic carbocycles. The molecular weight excluding hydrogens is 209 g/mol. The van der Waals surface area contributed by atoms with Gasteiger partial charge in [0.2, 0.25) is 0 Å². The summed E-state index contributed by atoms with van der Waals surface area (Å²) < 4.78 is 15.5. The van der Waals surface area contributed by atoms with Crippen molar-refractivity contribution in [1.29, 1.82) is 0 Å². The molecule has 1 aromatic heterocycles. The summed E-state index contributed by atoms with van der Waals surface area (Å²) in [4.78, 5) is 11.0. The lowest BCUT2D eigenvalue weighted by Crippen LogP contribution is -1.95. The van der Waals surface area contributed by atoms with Gasteiger partial charge in [0.15, 0.2) is 0 Å². The van der Waals surface area contributed by atoms with Crippen LogP contribution in [0.3, 0.4) is 0 Å². The monoisotopic (exact) mass is 219 g/mol. The fourth-order valence-corrected chi connectivity index (χ4v) is 2.08. The SMILES string of the molecule is O=C(O)c1cn(C2CC2)c2cccc(F)c12. The van der Waals surface area contributed by atoms with Crippen LogP contribution in [0.15, 0.2) is 24.4 Å². The van der Waals surface area contributed by atoms with Gasteiger partial charge in [-0.1, -0.05) is 6.07 Å². The number of rotatable bonds is 2. The largest absolute Gasteiger partial charge is 0.478 e. The number of carboxylic acid groups (broad SMARTS) is 1. The Hall–Kier alpha value is -1.84. The van der Waals surface area contributed by atoms with Gasteiger partial charge < -0.3 is 9.67 Å². The van der Waals surface area contributed by atoms with Crippen molar-refractivity contribution in [3.05, 3.63) is 35.8 Å². The van der Waals surface area contributed by atoms with Gasteiger partial charge in [-0.05, 0) is 25.0 Å². The highest BCUT2D eigenvalue weighted by Gasteiger charge is 2.27. The molecular formula is C12H10FNO2. The number of fused-ring (bicyclic) bond motifs is 1. The Labute approximate surface area is 91.1 Å². The molecule has 0 saturated heterocycles. The van der Waals surface area contributed by atoms with Crippen LogP contribution in [-0.4, -0.2) is 15.6 Å². The normalized spacial score (nSPS) is 15.6. The van der Waals surface area contributed by atoms with Gasteiger partial charge in [0.1, 0.15) is 5.82 Å². The van der Waals surface area contributed by atoms with E-state index < -0.39 is 11.8 Å². The Morgan fingerprint density at radius 3 is 2.81 bits per heavy atom. The highest BCUT2D eigenvalue weighted by molar-refractivity contribution is 6.03. The molecule has 1 saturated carbocycles. The summed E-state index contributed by atoms with van der Waals surface area (Å²) in [7, 11) is 0. The van der Waals surface area contributed by atoms with Crippen molar-refractivity contribution in [2.45, 2.75) is 18.9 Å². The molecule has 3 nitrogen and oxygen atoms in total. The predicted octanol–water partition coefficient (Wildman–Crippen LogP) is 2.81. The molecule has 0 spiro atoms. The van der Waals surface area contributed by atoms with Gasteiger partial charge in [-0.2, -0.15) is 0 Å². The summed E-state index contributed by atoms with van der Waals surface area (Å²) in [5.41, 5.74) is 0.736. The quantitative estimate of drug-likeness (QED) is 0.843. The molecule has 0 bridgehead atoms. The zero-order valence-electron chi connectivity index (χ0n) is 8.48. The molecule has 0 aliphatic heterocycles. The number of halogens is 1. The molecule has 0 unspecified atom stereocenters. The highest BCUT2D eigenvalue weighted by Crippen LogP contribution is 2.39. The Bertz CT molecular complexity index is 584. The van der Waals surface area contributed by atoms with E-state index in [1.54, 1.807) is 18.3 Å². The predicted molar refractivity (Wildman–Crippen MR) is 57.1 cm³/mol. The Morgan fingerprint density at radius 2 is 2.19 bits per heavy atom. The Morgan fingerprint density at radius 1 is 1.44 bits per heavy atom. The third-order valence-corrected chi connectivity index (χ3v) is 2.98. The lowest BCUT2D eigenvalue weighted by atomic mass is 10.1. The third kappa shape index (κ3) is 1.23. The number of aromatic carboxylic acids is 1. The molecule has 0 amide bonds. The zero-order chi connectivity index (χ0) is 11.3. The van der Waals surface area contributed by atoms with Gasteiger partial charge in [0.25, 0.3) is 0 Å². The average molecular weight is 219 g/mol.